The molecule has 1 aliphatic carbocycles. The van der Waals surface area contributed by atoms with Crippen molar-refractivity contribution >= 4 is 0 Å². The molecule has 0 bridgehead atoms. The zero-order valence-corrected chi connectivity index (χ0v) is 12.9. The van der Waals surface area contributed by atoms with Gasteiger partial charge in [0.2, 0.25) is 0 Å². The van der Waals surface area contributed by atoms with Crippen LogP contribution >= 0.6 is 0 Å². The van der Waals surface area contributed by atoms with Crippen LogP contribution in [0.1, 0.15) is 36.1 Å². The summed E-state index contributed by atoms with van der Waals surface area (Å²) in [6.45, 7) is 5.37. The molecule has 0 spiro atoms. The molecule has 1 aromatic heterocycles. The number of hydrogen-bond donors (Lipinski definition) is 1. The average Bonchev–Trinajstić information content (AvgIpc) is 3.30. The van der Waals surface area contributed by atoms with Gasteiger partial charge in [0.1, 0.15) is 0 Å². The predicted molar refractivity (Wildman–Crippen MR) is 87.4 cm³/mol. The molecule has 1 fully saturated rings. The van der Waals surface area contributed by atoms with E-state index in [1.54, 1.807) is 0 Å². The van der Waals surface area contributed by atoms with Crippen LogP contribution in [0.5, 0.6) is 0 Å². The number of nitrogens with one attached hydrogen (secondary N) is 1. The van der Waals surface area contributed by atoms with Gasteiger partial charge >= 0.3 is 0 Å². The van der Waals surface area contributed by atoms with Crippen LogP contribution < -0.4 is 5.32 Å². The maximum atomic E-state index is 4.57. The first-order valence-corrected chi connectivity index (χ1v) is 7.98. The van der Waals surface area contributed by atoms with E-state index < -0.39 is 0 Å². The third kappa shape index (κ3) is 3.33. The van der Waals surface area contributed by atoms with Crippen molar-refractivity contribution in [2.45, 2.75) is 38.6 Å². The maximum Gasteiger partial charge on any atom is 0.0448 e. The third-order valence-electron chi connectivity index (χ3n) is 4.58. The van der Waals surface area contributed by atoms with E-state index in [0.29, 0.717) is 6.04 Å². The monoisotopic (exact) mass is 280 g/mol. The molecule has 2 heteroatoms. The first-order chi connectivity index (χ1) is 10.3. The quantitative estimate of drug-likeness (QED) is 0.872. The molecule has 0 saturated heterocycles. The highest BCUT2D eigenvalue weighted by atomic mass is 14.9. The van der Waals surface area contributed by atoms with Crippen molar-refractivity contribution < 1.29 is 0 Å². The van der Waals surface area contributed by atoms with Crippen LogP contribution in [0.4, 0.5) is 0 Å². The fourth-order valence-electron chi connectivity index (χ4n) is 3.32. The topological polar surface area (TPSA) is 24.9 Å². The zero-order valence-electron chi connectivity index (χ0n) is 12.9. The number of rotatable bonds is 6. The Morgan fingerprint density at radius 1 is 1.19 bits per heavy atom. The lowest BCUT2D eigenvalue weighted by Crippen LogP contribution is -2.34. The minimum absolute atomic E-state index is 0.536. The van der Waals surface area contributed by atoms with Crippen molar-refractivity contribution in [2.75, 3.05) is 6.54 Å². The summed E-state index contributed by atoms with van der Waals surface area (Å²) in [5.41, 5.74) is 4.03. The van der Waals surface area contributed by atoms with Gasteiger partial charge in [-0.05, 0) is 48.9 Å². The van der Waals surface area contributed by atoms with Crippen LogP contribution in [0.3, 0.4) is 0 Å². The molecule has 1 aliphatic rings. The van der Waals surface area contributed by atoms with E-state index in [1.165, 1.54) is 23.2 Å². The summed E-state index contributed by atoms with van der Waals surface area (Å²) in [5, 5.41) is 3.68. The van der Waals surface area contributed by atoms with Crippen molar-refractivity contribution in [3.8, 4) is 0 Å². The predicted octanol–water partition coefficient (Wildman–Crippen LogP) is 3.71. The van der Waals surface area contributed by atoms with E-state index in [9.17, 15) is 0 Å². The summed E-state index contributed by atoms with van der Waals surface area (Å²) in [6, 6.07) is 15.6. The number of benzene rings is 1. The Morgan fingerprint density at radius 3 is 2.71 bits per heavy atom. The molecule has 1 heterocycles. The number of aromatic nitrogens is 1. The lowest BCUT2D eigenvalue weighted by Gasteiger charge is -2.19. The molecule has 2 nitrogen and oxygen atoms in total. The van der Waals surface area contributed by atoms with Gasteiger partial charge in [0.25, 0.3) is 0 Å². The Morgan fingerprint density at radius 2 is 2.00 bits per heavy atom. The fourth-order valence-corrected chi connectivity index (χ4v) is 3.32. The van der Waals surface area contributed by atoms with Gasteiger partial charge in [0, 0.05) is 24.4 Å². The second-order valence-electron chi connectivity index (χ2n) is 6.05. The van der Waals surface area contributed by atoms with Crippen molar-refractivity contribution in [3.63, 3.8) is 0 Å². The van der Waals surface area contributed by atoms with Crippen molar-refractivity contribution in [3.05, 3.63) is 65.5 Å². The summed E-state index contributed by atoms with van der Waals surface area (Å²) < 4.78 is 0. The maximum absolute atomic E-state index is 4.57. The van der Waals surface area contributed by atoms with Crippen LogP contribution in [0.2, 0.25) is 0 Å². The van der Waals surface area contributed by atoms with Crippen molar-refractivity contribution in [1.29, 1.82) is 0 Å². The Hall–Kier alpha value is -1.67. The molecule has 0 radical (unpaired) electrons. The second-order valence-corrected chi connectivity index (χ2v) is 6.05. The van der Waals surface area contributed by atoms with Crippen molar-refractivity contribution in [1.82, 2.24) is 10.3 Å². The SMILES string of the molecule is CCNC(Cc1ncccc1C)C1CC1c1ccccc1. The minimum Gasteiger partial charge on any atom is -0.314 e. The lowest BCUT2D eigenvalue weighted by molar-refractivity contribution is 0.460. The summed E-state index contributed by atoms with van der Waals surface area (Å²) in [5.74, 6) is 1.47. The van der Waals surface area contributed by atoms with E-state index in [1.807, 2.05) is 12.3 Å². The summed E-state index contributed by atoms with van der Waals surface area (Å²) in [6.07, 6.45) is 4.25. The molecule has 3 rings (SSSR count). The Bertz CT molecular complexity index is 579. The minimum atomic E-state index is 0.536. The molecule has 1 N–H and O–H groups in total. The van der Waals surface area contributed by atoms with Crippen LogP contribution in [0.25, 0.3) is 0 Å². The van der Waals surface area contributed by atoms with Crippen molar-refractivity contribution in [2.24, 2.45) is 5.92 Å². The van der Waals surface area contributed by atoms with Gasteiger partial charge in [-0.2, -0.15) is 0 Å². The highest BCUT2D eigenvalue weighted by Crippen LogP contribution is 2.50. The van der Waals surface area contributed by atoms with Gasteiger partial charge < -0.3 is 5.32 Å². The zero-order chi connectivity index (χ0) is 14.7. The van der Waals surface area contributed by atoms with E-state index in [-0.39, 0.29) is 0 Å². The summed E-state index contributed by atoms with van der Waals surface area (Å²) >= 11 is 0. The average molecular weight is 280 g/mol. The Labute approximate surface area is 127 Å². The van der Waals surface area contributed by atoms with E-state index in [2.05, 4.69) is 60.5 Å². The largest absolute Gasteiger partial charge is 0.314 e. The number of hydrogen-bond acceptors (Lipinski definition) is 2. The number of aryl methyl sites for hydroxylation is 1. The summed E-state index contributed by atoms with van der Waals surface area (Å²) in [7, 11) is 0. The third-order valence-corrected chi connectivity index (χ3v) is 4.58. The normalized spacial score (nSPS) is 22.0. The van der Waals surface area contributed by atoms with Gasteiger partial charge in [-0.3, -0.25) is 4.98 Å². The molecule has 0 amide bonds. The standard InChI is InChI=1S/C19H24N2/c1-3-20-19(13-18-14(2)8-7-11-21-18)17-12-16(17)15-9-5-4-6-10-15/h4-11,16-17,19-20H,3,12-13H2,1-2H3. The molecule has 1 aromatic carbocycles. The number of nitrogens with zero attached hydrogens (tertiary/aromatic N) is 1. The molecule has 1 saturated carbocycles. The first-order valence-electron chi connectivity index (χ1n) is 7.98. The van der Waals surface area contributed by atoms with Gasteiger partial charge in [-0.15, -0.1) is 0 Å². The van der Waals surface area contributed by atoms with Gasteiger partial charge in [0.05, 0.1) is 0 Å². The molecular weight excluding hydrogens is 256 g/mol. The van der Waals surface area contributed by atoms with Crippen LogP contribution in [-0.4, -0.2) is 17.6 Å². The highest BCUT2D eigenvalue weighted by Gasteiger charge is 2.43. The highest BCUT2D eigenvalue weighted by molar-refractivity contribution is 5.28. The number of pyridine rings is 1. The van der Waals surface area contributed by atoms with Crippen LogP contribution in [0.15, 0.2) is 48.7 Å². The number of likely N-dealkylation sites (N-methyl/N-ethyl adjacent to an activating group) is 1. The molecule has 2 aromatic rings. The Kier molecular flexibility index (Phi) is 4.35. The Balaban J connectivity index is 1.70. The van der Waals surface area contributed by atoms with Crippen LogP contribution in [0, 0.1) is 12.8 Å². The molecule has 3 atom stereocenters. The second kappa shape index (κ2) is 6.40. The first kappa shape index (κ1) is 14.3. The lowest BCUT2D eigenvalue weighted by atomic mass is 9.99. The molecule has 21 heavy (non-hydrogen) atoms. The molecule has 0 aliphatic heterocycles. The molecule has 3 unspecified atom stereocenters. The van der Waals surface area contributed by atoms with E-state index in [0.717, 1.165) is 24.8 Å². The van der Waals surface area contributed by atoms with Gasteiger partial charge in [0.15, 0.2) is 0 Å². The molecular formula is C19H24N2. The summed E-state index contributed by atoms with van der Waals surface area (Å²) in [4.78, 5) is 4.57. The van der Waals surface area contributed by atoms with E-state index >= 15 is 0 Å². The fraction of sp³-hybridized carbons (Fsp3) is 0.421. The van der Waals surface area contributed by atoms with Gasteiger partial charge in [-0.1, -0.05) is 43.3 Å². The van der Waals surface area contributed by atoms with Gasteiger partial charge in [-0.25, -0.2) is 0 Å². The van der Waals surface area contributed by atoms with E-state index in [4.69, 9.17) is 0 Å². The smallest absolute Gasteiger partial charge is 0.0448 e. The van der Waals surface area contributed by atoms with Crippen LogP contribution in [-0.2, 0) is 6.42 Å². The molecule has 110 valence electrons.